The molecule has 1 spiro atoms. The second kappa shape index (κ2) is 0.354. The Morgan fingerprint density at radius 2 is 1.86 bits per heavy atom. The van der Waals surface area contributed by atoms with Crippen molar-refractivity contribution in [1.82, 2.24) is 0 Å². The Morgan fingerprint density at radius 1 is 1.43 bits per heavy atom. The second-order valence-corrected chi connectivity index (χ2v) is 2.50. The fourth-order valence-corrected chi connectivity index (χ4v) is 1.28. The van der Waals surface area contributed by atoms with E-state index >= 15 is 0 Å². The van der Waals surface area contributed by atoms with Crippen molar-refractivity contribution >= 4 is 0 Å². The molecule has 0 aromatic carbocycles. The van der Waals surface area contributed by atoms with E-state index in [4.69, 9.17) is 14.6 Å². The number of epoxide rings is 2. The molecule has 1 N–H and O–H groups in total. The topological polar surface area (TPSA) is 45.3 Å². The van der Waals surface area contributed by atoms with E-state index in [0.717, 1.165) is 0 Å². The van der Waals surface area contributed by atoms with E-state index in [2.05, 4.69) is 0 Å². The van der Waals surface area contributed by atoms with Crippen molar-refractivity contribution in [1.29, 1.82) is 0 Å². The number of fused-ring (bicyclic) bond motifs is 1. The number of ether oxygens (including phenoxy) is 2. The van der Waals surface area contributed by atoms with Gasteiger partial charge in [0.1, 0.15) is 0 Å². The van der Waals surface area contributed by atoms with Crippen LogP contribution in [0, 0.1) is 0 Å². The third-order valence-electron chi connectivity index (χ3n) is 2.21. The van der Waals surface area contributed by atoms with Crippen molar-refractivity contribution in [2.75, 3.05) is 0 Å². The Kier molecular flexibility index (Phi) is 0.153. The largest absolute Gasteiger partial charge is 0.359 e. The smallest absolute Gasteiger partial charge is 0.266 e. The minimum atomic E-state index is -0.833. The quantitative estimate of drug-likeness (QED) is 0.405. The molecule has 0 bridgehead atoms. The summed E-state index contributed by atoms with van der Waals surface area (Å²) in [6.45, 7) is 1.84. The summed E-state index contributed by atoms with van der Waals surface area (Å²) < 4.78 is 9.58. The predicted molar refractivity (Wildman–Crippen MR) is 18.3 cm³/mol. The van der Waals surface area contributed by atoms with Gasteiger partial charge in [-0.05, 0) is 6.92 Å². The summed E-state index contributed by atoms with van der Waals surface area (Å²) in [6, 6.07) is 0. The zero-order valence-electron chi connectivity index (χ0n) is 3.76. The van der Waals surface area contributed by atoms with Crippen LogP contribution in [-0.2, 0) is 9.47 Å². The molecular formula is C4H4O3. The fourth-order valence-electron chi connectivity index (χ4n) is 1.28. The van der Waals surface area contributed by atoms with Gasteiger partial charge in [-0.2, -0.15) is 0 Å². The van der Waals surface area contributed by atoms with E-state index in [1.807, 2.05) is 6.92 Å². The molecular weight excluding hydrogens is 96.0 g/mol. The predicted octanol–water partition coefficient (Wildman–Crippen LogP) is -0.796. The number of hydrogen-bond donors (Lipinski definition) is 1. The molecule has 0 unspecified atom stereocenters. The lowest BCUT2D eigenvalue weighted by Gasteiger charge is -1.95. The highest BCUT2D eigenvalue weighted by Crippen LogP contribution is 2.92. The van der Waals surface area contributed by atoms with Gasteiger partial charge in [-0.3, -0.25) is 0 Å². The monoisotopic (exact) mass is 100 g/mol. The molecule has 3 aliphatic rings. The zero-order valence-corrected chi connectivity index (χ0v) is 3.76. The summed E-state index contributed by atoms with van der Waals surface area (Å²) >= 11 is 0. The molecule has 1 aliphatic carbocycles. The Morgan fingerprint density at radius 3 is 1.86 bits per heavy atom. The van der Waals surface area contributed by atoms with Gasteiger partial charge in [0.15, 0.2) is 5.60 Å². The van der Waals surface area contributed by atoms with Crippen LogP contribution in [0.4, 0.5) is 0 Å². The summed E-state index contributed by atoms with van der Waals surface area (Å²) in [5, 5.41) is 8.93. The van der Waals surface area contributed by atoms with Crippen molar-refractivity contribution in [3.05, 3.63) is 0 Å². The maximum absolute atomic E-state index is 8.93. The number of aliphatic hydroxyl groups is 1. The Balaban J connectivity index is 2.24. The first-order valence-corrected chi connectivity index (χ1v) is 2.29. The van der Waals surface area contributed by atoms with Crippen molar-refractivity contribution < 1.29 is 14.6 Å². The highest BCUT2D eigenvalue weighted by Gasteiger charge is 3.20. The standard InChI is InChI=1S/C4H4O3/c1-2-3(5)4(2,6-2)7-3/h5H,1H3/t2-,3+,4+/m1/s1. The van der Waals surface area contributed by atoms with Gasteiger partial charge in [0.2, 0.25) is 0 Å². The molecule has 0 aromatic rings. The lowest BCUT2D eigenvalue weighted by Crippen LogP contribution is -2.17. The van der Waals surface area contributed by atoms with Crippen molar-refractivity contribution in [3.8, 4) is 0 Å². The second-order valence-electron chi connectivity index (χ2n) is 2.50. The van der Waals surface area contributed by atoms with Crippen molar-refractivity contribution in [2.24, 2.45) is 0 Å². The van der Waals surface area contributed by atoms with E-state index in [1.54, 1.807) is 0 Å². The third-order valence-corrected chi connectivity index (χ3v) is 2.21. The van der Waals surface area contributed by atoms with Crippen LogP contribution in [-0.4, -0.2) is 22.3 Å². The molecule has 3 atom stereocenters. The number of hydrogen-bond acceptors (Lipinski definition) is 3. The minimum absolute atomic E-state index is 0.278. The van der Waals surface area contributed by atoms with Crippen LogP contribution in [0.25, 0.3) is 0 Å². The first-order chi connectivity index (χ1) is 3.16. The summed E-state index contributed by atoms with van der Waals surface area (Å²) in [7, 11) is 0. The van der Waals surface area contributed by atoms with Gasteiger partial charge < -0.3 is 14.6 Å². The molecule has 3 rings (SSSR count). The van der Waals surface area contributed by atoms with Crippen molar-refractivity contribution in [3.63, 3.8) is 0 Å². The summed E-state index contributed by atoms with van der Waals surface area (Å²) in [6.07, 6.45) is 0. The Hall–Kier alpha value is -0.120. The first kappa shape index (κ1) is 3.02. The van der Waals surface area contributed by atoms with Gasteiger partial charge in [0, 0.05) is 0 Å². The van der Waals surface area contributed by atoms with Gasteiger partial charge in [-0.1, -0.05) is 0 Å². The molecule has 3 heteroatoms. The maximum atomic E-state index is 8.93. The molecule has 38 valence electrons. The first-order valence-electron chi connectivity index (χ1n) is 2.29. The van der Waals surface area contributed by atoms with Gasteiger partial charge in [-0.15, -0.1) is 0 Å². The van der Waals surface area contributed by atoms with Gasteiger partial charge in [0.05, 0.1) is 0 Å². The summed E-state index contributed by atoms with van der Waals surface area (Å²) in [5.74, 6) is -1.32. The molecule has 2 aliphatic heterocycles. The van der Waals surface area contributed by atoms with Gasteiger partial charge in [-0.25, -0.2) is 0 Å². The molecule has 7 heavy (non-hydrogen) atoms. The fraction of sp³-hybridized carbons (Fsp3) is 1.00. The molecule has 3 fully saturated rings. The van der Waals surface area contributed by atoms with E-state index < -0.39 is 11.6 Å². The molecule has 3 nitrogen and oxygen atoms in total. The molecule has 2 heterocycles. The van der Waals surface area contributed by atoms with Crippen LogP contribution < -0.4 is 0 Å². The van der Waals surface area contributed by atoms with E-state index in [0.29, 0.717) is 0 Å². The average Bonchev–Trinajstić information content (AvgIpc) is 2.34. The normalized spacial score (nSPS) is 90.0. The van der Waals surface area contributed by atoms with Crippen LogP contribution in [0.3, 0.4) is 0 Å². The summed E-state index contributed by atoms with van der Waals surface area (Å²) in [4.78, 5) is 0. The molecule has 1 saturated carbocycles. The van der Waals surface area contributed by atoms with Crippen LogP contribution in [0.2, 0.25) is 0 Å². The molecule has 0 aromatic heterocycles. The lowest BCUT2D eigenvalue weighted by atomic mass is 10.4. The van der Waals surface area contributed by atoms with Gasteiger partial charge >= 0.3 is 0 Å². The Bertz CT molecular complexity index is 139. The Labute approximate surface area is 39.8 Å². The average molecular weight is 100 g/mol. The summed E-state index contributed by atoms with van der Waals surface area (Å²) in [5.41, 5.74) is -0.278. The highest BCUT2D eigenvalue weighted by molar-refractivity contribution is 5.52. The third kappa shape index (κ3) is 0.0819. The molecule has 0 amide bonds. The van der Waals surface area contributed by atoms with E-state index in [1.165, 1.54) is 0 Å². The van der Waals surface area contributed by atoms with Crippen LogP contribution in [0.5, 0.6) is 0 Å². The molecule has 0 radical (unpaired) electrons. The number of rotatable bonds is 0. The highest BCUT2D eigenvalue weighted by atomic mass is 17.0. The maximum Gasteiger partial charge on any atom is 0.266 e. The van der Waals surface area contributed by atoms with E-state index in [-0.39, 0.29) is 5.60 Å². The van der Waals surface area contributed by atoms with Gasteiger partial charge in [0.25, 0.3) is 11.6 Å². The van der Waals surface area contributed by atoms with Crippen LogP contribution >= 0.6 is 0 Å². The molecule has 2 saturated heterocycles. The lowest BCUT2D eigenvalue weighted by molar-refractivity contribution is -0.0264. The van der Waals surface area contributed by atoms with Crippen molar-refractivity contribution in [2.45, 2.75) is 24.1 Å². The van der Waals surface area contributed by atoms with E-state index in [9.17, 15) is 0 Å². The van der Waals surface area contributed by atoms with Crippen LogP contribution in [0.1, 0.15) is 6.92 Å². The SMILES string of the molecule is C[C@]12O[C@]13O[C@@]23O. The van der Waals surface area contributed by atoms with Crippen LogP contribution in [0.15, 0.2) is 0 Å². The minimum Gasteiger partial charge on any atom is -0.359 e. The zero-order chi connectivity index (χ0) is 4.91.